The number of aromatic nitrogens is 1. The van der Waals surface area contributed by atoms with Crippen LogP contribution in [0.15, 0.2) is 34.9 Å². The molecule has 0 fully saturated rings. The first-order valence-corrected chi connectivity index (χ1v) is 5.06. The zero-order valence-electron chi connectivity index (χ0n) is 8.69. The van der Waals surface area contributed by atoms with Gasteiger partial charge >= 0.3 is 0 Å². The van der Waals surface area contributed by atoms with Crippen molar-refractivity contribution < 1.29 is 13.9 Å². The Hall–Kier alpha value is -1.68. The first-order chi connectivity index (χ1) is 7.78. The molecule has 84 valence electrons. The number of nitrogens with zero attached hydrogens (tertiary/aromatic N) is 1. The summed E-state index contributed by atoms with van der Waals surface area (Å²) in [7, 11) is 0. The van der Waals surface area contributed by atoms with Crippen molar-refractivity contribution in [2.45, 2.75) is 12.8 Å². The number of benzene rings is 1. The maximum atomic E-state index is 12.9. The van der Waals surface area contributed by atoms with Crippen molar-refractivity contribution in [2.75, 3.05) is 6.61 Å². The Morgan fingerprint density at radius 3 is 3.00 bits per heavy atom. The molecule has 0 bridgehead atoms. The van der Waals surface area contributed by atoms with Crippen LogP contribution < -0.4 is 0 Å². The molecule has 0 spiro atoms. The zero-order valence-corrected chi connectivity index (χ0v) is 8.69. The molecule has 0 unspecified atom stereocenters. The normalized spacial score (nSPS) is 10.6. The molecule has 1 heterocycles. The van der Waals surface area contributed by atoms with E-state index in [4.69, 9.17) is 9.52 Å². The van der Waals surface area contributed by atoms with Crippen molar-refractivity contribution in [1.82, 2.24) is 4.98 Å². The standard InChI is InChI=1S/C12H12FNO2/c13-10-3-1-2-9(6-10)7-12-14-11(4-5-15)8-16-12/h1-3,6,8,15H,4-5,7H2. The summed E-state index contributed by atoms with van der Waals surface area (Å²) in [6.45, 7) is 0.0476. The van der Waals surface area contributed by atoms with Gasteiger partial charge in [-0.05, 0) is 17.7 Å². The minimum Gasteiger partial charge on any atom is -0.448 e. The van der Waals surface area contributed by atoms with Gasteiger partial charge in [0.1, 0.15) is 12.1 Å². The Morgan fingerprint density at radius 1 is 1.38 bits per heavy atom. The molecule has 16 heavy (non-hydrogen) atoms. The fourth-order valence-corrected chi connectivity index (χ4v) is 1.48. The Kier molecular flexibility index (Phi) is 3.31. The van der Waals surface area contributed by atoms with Crippen LogP contribution in [0.25, 0.3) is 0 Å². The predicted molar refractivity (Wildman–Crippen MR) is 56.5 cm³/mol. The number of halogens is 1. The van der Waals surface area contributed by atoms with Crippen LogP contribution in [-0.4, -0.2) is 16.7 Å². The molecule has 3 nitrogen and oxygen atoms in total. The van der Waals surface area contributed by atoms with E-state index in [9.17, 15) is 4.39 Å². The minimum atomic E-state index is -0.264. The Bertz CT molecular complexity index is 468. The lowest BCUT2D eigenvalue weighted by atomic mass is 10.1. The molecule has 0 aliphatic carbocycles. The molecule has 1 aromatic heterocycles. The molecule has 4 heteroatoms. The predicted octanol–water partition coefficient (Wildman–Crippen LogP) is 1.94. The van der Waals surface area contributed by atoms with E-state index in [0.29, 0.717) is 24.4 Å². The van der Waals surface area contributed by atoms with Gasteiger partial charge < -0.3 is 9.52 Å². The summed E-state index contributed by atoms with van der Waals surface area (Å²) < 4.78 is 18.1. The number of hydrogen-bond donors (Lipinski definition) is 1. The molecule has 2 rings (SSSR count). The van der Waals surface area contributed by atoms with Crippen molar-refractivity contribution in [3.63, 3.8) is 0 Å². The second kappa shape index (κ2) is 4.90. The van der Waals surface area contributed by atoms with Crippen LogP contribution >= 0.6 is 0 Å². The first-order valence-electron chi connectivity index (χ1n) is 5.06. The molecule has 1 N–H and O–H groups in total. The summed E-state index contributed by atoms with van der Waals surface area (Å²) in [6.07, 6.45) is 2.46. The maximum Gasteiger partial charge on any atom is 0.198 e. The largest absolute Gasteiger partial charge is 0.448 e. The van der Waals surface area contributed by atoms with Crippen molar-refractivity contribution in [2.24, 2.45) is 0 Å². The molecular formula is C12H12FNO2. The van der Waals surface area contributed by atoms with E-state index >= 15 is 0 Å². The maximum absolute atomic E-state index is 12.9. The van der Waals surface area contributed by atoms with E-state index in [2.05, 4.69) is 4.98 Å². The van der Waals surface area contributed by atoms with Crippen LogP contribution in [0.5, 0.6) is 0 Å². The molecule has 2 aromatic rings. The summed E-state index contributed by atoms with van der Waals surface area (Å²) in [6, 6.07) is 6.33. The highest BCUT2D eigenvalue weighted by Gasteiger charge is 2.05. The highest BCUT2D eigenvalue weighted by molar-refractivity contribution is 5.19. The third kappa shape index (κ3) is 2.67. The Morgan fingerprint density at radius 2 is 2.25 bits per heavy atom. The summed E-state index contributed by atoms with van der Waals surface area (Å²) in [5.41, 5.74) is 1.53. The van der Waals surface area contributed by atoms with E-state index in [-0.39, 0.29) is 12.4 Å². The summed E-state index contributed by atoms with van der Waals surface area (Å²) in [4.78, 5) is 4.18. The van der Waals surface area contributed by atoms with E-state index in [1.54, 1.807) is 6.07 Å². The smallest absolute Gasteiger partial charge is 0.198 e. The van der Waals surface area contributed by atoms with Crippen molar-refractivity contribution in [3.05, 3.63) is 53.5 Å². The molecule has 0 radical (unpaired) electrons. The van der Waals surface area contributed by atoms with Crippen LogP contribution in [0.4, 0.5) is 4.39 Å². The highest BCUT2D eigenvalue weighted by Crippen LogP contribution is 2.11. The number of aliphatic hydroxyl groups is 1. The molecular weight excluding hydrogens is 209 g/mol. The molecule has 0 atom stereocenters. The summed E-state index contributed by atoms with van der Waals surface area (Å²) >= 11 is 0. The Balaban J connectivity index is 2.08. The van der Waals surface area contributed by atoms with Crippen molar-refractivity contribution >= 4 is 0 Å². The van der Waals surface area contributed by atoms with Gasteiger partial charge in [0, 0.05) is 19.4 Å². The Labute approximate surface area is 92.6 Å². The molecule has 1 aromatic carbocycles. The summed E-state index contributed by atoms with van der Waals surface area (Å²) in [5, 5.41) is 8.72. The molecule has 0 saturated heterocycles. The number of oxazole rings is 1. The van der Waals surface area contributed by atoms with Crippen LogP contribution in [0, 0.1) is 5.82 Å². The third-order valence-corrected chi connectivity index (χ3v) is 2.21. The first kappa shape index (κ1) is 10.8. The monoisotopic (exact) mass is 221 g/mol. The van der Waals surface area contributed by atoms with Crippen LogP contribution in [0.1, 0.15) is 17.1 Å². The highest BCUT2D eigenvalue weighted by atomic mass is 19.1. The fraction of sp³-hybridized carbons (Fsp3) is 0.250. The molecule has 0 saturated carbocycles. The van der Waals surface area contributed by atoms with E-state index in [1.165, 1.54) is 18.4 Å². The quantitative estimate of drug-likeness (QED) is 0.858. The number of rotatable bonds is 4. The molecule has 0 aliphatic heterocycles. The van der Waals surface area contributed by atoms with Crippen LogP contribution in [0.3, 0.4) is 0 Å². The number of hydrogen-bond acceptors (Lipinski definition) is 3. The van der Waals surface area contributed by atoms with Gasteiger partial charge in [-0.25, -0.2) is 9.37 Å². The number of aliphatic hydroxyl groups excluding tert-OH is 1. The van der Waals surface area contributed by atoms with Gasteiger partial charge in [-0.3, -0.25) is 0 Å². The lowest BCUT2D eigenvalue weighted by Gasteiger charge is -1.96. The van der Waals surface area contributed by atoms with Gasteiger partial charge in [-0.2, -0.15) is 0 Å². The lowest BCUT2D eigenvalue weighted by Crippen LogP contribution is -1.93. The third-order valence-electron chi connectivity index (χ3n) is 2.21. The second-order valence-electron chi connectivity index (χ2n) is 3.51. The zero-order chi connectivity index (χ0) is 11.4. The van der Waals surface area contributed by atoms with E-state index in [1.807, 2.05) is 6.07 Å². The summed E-state index contributed by atoms with van der Waals surface area (Å²) in [5.74, 6) is 0.272. The fourth-order valence-electron chi connectivity index (χ4n) is 1.48. The molecule has 0 amide bonds. The average molecular weight is 221 g/mol. The second-order valence-corrected chi connectivity index (χ2v) is 3.51. The van der Waals surface area contributed by atoms with E-state index < -0.39 is 0 Å². The van der Waals surface area contributed by atoms with Gasteiger partial charge in [-0.1, -0.05) is 12.1 Å². The van der Waals surface area contributed by atoms with E-state index in [0.717, 1.165) is 5.56 Å². The lowest BCUT2D eigenvalue weighted by molar-refractivity contribution is 0.298. The van der Waals surface area contributed by atoms with Gasteiger partial charge in [0.15, 0.2) is 5.89 Å². The SMILES string of the molecule is OCCc1coc(Cc2cccc(F)c2)n1. The average Bonchev–Trinajstić information content (AvgIpc) is 2.66. The van der Waals surface area contributed by atoms with Gasteiger partial charge in [0.2, 0.25) is 0 Å². The van der Waals surface area contributed by atoms with Gasteiger partial charge in [0.05, 0.1) is 5.69 Å². The van der Waals surface area contributed by atoms with Crippen LogP contribution in [-0.2, 0) is 12.8 Å². The van der Waals surface area contributed by atoms with Gasteiger partial charge in [0.25, 0.3) is 0 Å². The van der Waals surface area contributed by atoms with Crippen molar-refractivity contribution in [1.29, 1.82) is 0 Å². The minimum absolute atomic E-state index is 0.0476. The topological polar surface area (TPSA) is 46.3 Å². The van der Waals surface area contributed by atoms with Crippen molar-refractivity contribution in [3.8, 4) is 0 Å². The van der Waals surface area contributed by atoms with Gasteiger partial charge in [-0.15, -0.1) is 0 Å². The molecule has 0 aliphatic rings. The van der Waals surface area contributed by atoms with Crippen LogP contribution in [0.2, 0.25) is 0 Å².